The van der Waals surface area contributed by atoms with Crippen LogP contribution in [0.15, 0.2) is 41.2 Å². The fraction of sp³-hybridized carbons (Fsp3) is 0.535. The molecule has 59 heavy (non-hydrogen) atoms. The Hall–Kier alpha value is -5.16. The number of phenols is 3. The minimum Gasteiger partial charge on any atom is -0.507 e. The number of nitrogens with one attached hydrogen (secondary N) is 1. The summed E-state index contributed by atoms with van der Waals surface area (Å²) in [7, 11) is 3.42. The van der Waals surface area contributed by atoms with Crippen LogP contribution in [-0.2, 0) is 23.8 Å². The standard InChI is InChI=1S/C43H58N4O12/c1-21-12-11-13-22(2)42(55)45-33-28(20-44-47-17-15-46(9)16-18-47)37(52)30-31(38(33)53)36(51)26(6)40-32(30)41(54)43(8,59-40)57-19-14-29(56-10)23(3)39(58-27(7)48)25(5)35(50)24(4)34(21)49/h11-14,19-21,23-25,29,34-35,39,49-53H,15-18H2,1-10H3,(H,45,55)/b12-11+,19-14+,22-13-,44-20-/t21-,23-,24-,25-,29+,34+,35+,39-,43+/m1/s1. The Morgan fingerprint density at radius 3 is 2.24 bits per heavy atom. The molecule has 6 N–H and O–H groups in total. The normalized spacial score (nSPS) is 32.1. The van der Waals surface area contributed by atoms with Gasteiger partial charge in [-0.2, -0.15) is 5.10 Å². The second kappa shape index (κ2) is 18.0. The number of ketones is 1. The van der Waals surface area contributed by atoms with Gasteiger partial charge in [-0.05, 0) is 27.0 Å². The van der Waals surface area contributed by atoms with Gasteiger partial charge in [-0.1, -0.05) is 45.9 Å². The van der Waals surface area contributed by atoms with E-state index in [-0.39, 0.29) is 44.5 Å². The first kappa shape index (κ1) is 44.9. The number of likely N-dealkylation sites (N-methyl/N-ethyl adjacent to an activating group) is 1. The Bertz CT molecular complexity index is 2070. The van der Waals surface area contributed by atoms with E-state index in [4.69, 9.17) is 18.9 Å². The zero-order chi connectivity index (χ0) is 43.7. The highest BCUT2D eigenvalue weighted by atomic mass is 16.7. The molecule has 4 heterocycles. The SMILES string of the molecule is CO[C@H]1/C=C/O[C@@]2(C)Oc3c(C)c(O)c4c(O)c(c(/C=N\N5CCN(C)CC5)c(O)c4c3C2=O)NC(=O)/C(C)=C\C=C\[C@@H](C)[C@H](O)[C@@H](C)[C@H](O)[C@@H](C)[C@H](OC(C)=O)[C@@H]1C. The summed E-state index contributed by atoms with van der Waals surface area (Å²) in [5, 5.41) is 66.8. The quantitative estimate of drug-likeness (QED) is 0.109. The van der Waals surface area contributed by atoms with Gasteiger partial charge in [-0.25, -0.2) is 0 Å². The van der Waals surface area contributed by atoms with Crippen molar-refractivity contribution in [2.75, 3.05) is 45.7 Å². The van der Waals surface area contributed by atoms with Crippen LogP contribution in [0.4, 0.5) is 5.69 Å². The summed E-state index contributed by atoms with van der Waals surface area (Å²) in [5.41, 5.74) is -0.350. The number of hydrazone groups is 1. The number of ether oxygens (including phenoxy) is 4. The molecule has 6 rings (SSSR count). The Labute approximate surface area is 344 Å². The van der Waals surface area contributed by atoms with Crippen molar-refractivity contribution in [3.05, 3.63) is 52.8 Å². The number of amides is 1. The topological polar surface area (TPSA) is 220 Å². The maximum atomic E-state index is 14.4. The van der Waals surface area contributed by atoms with Crippen molar-refractivity contribution in [3.63, 3.8) is 0 Å². The third kappa shape index (κ3) is 8.91. The van der Waals surface area contributed by atoms with Crippen LogP contribution in [0.1, 0.15) is 70.0 Å². The molecule has 1 amide bonds. The van der Waals surface area contributed by atoms with Crippen LogP contribution < -0.4 is 10.1 Å². The number of anilines is 1. The molecule has 0 unspecified atom stereocenters. The van der Waals surface area contributed by atoms with Gasteiger partial charge in [0.1, 0.15) is 23.4 Å². The molecule has 16 heteroatoms. The first-order chi connectivity index (χ1) is 27.7. The molecule has 0 saturated carbocycles. The van der Waals surface area contributed by atoms with Crippen LogP contribution in [-0.4, -0.2) is 130 Å². The molecule has 2 aromatic rings. The smallest absolute Gasteiger partial charge is 0.312 e. The van der Waals surface area contributed by atoms with Crippen molar-refractivity contribution in [1.82, 2.24) is 9.91 Å². The number of fused-ring (bicyclic) bond motifs is 14. The number of aliphatic hydroxyl groups is 2. The molecular formula is C43H58N4O12. The molecule has 1 fully saturated rings. The summed E-state index contributed by atoms with van der Waals surface area (Å²) in [6, 6.07) is 0. The number of phenolic OH excluding ortho intramolecular Hbond substituents is 3. The summed E-state index contributed by atoms with van der Waals surface area (Å²) in [5.74, 6) is -8.34. The second-order valence-electron chi connectivity index (χ2n) is 16.1. The number of carbonyl (C=O) groups excluding carboxylic acids is 3. The number of carbonyl (C=O) groups is 3. The van der Waals surface area contributed by atoms with Crippen molar-refractivity contribution in [3.8, 4) is 23.0 Å². The second-order valence-corrected chi connectivity index (χ2v) is 16.1. The van der Waals surface area contributed by atoms with Crippen LogP contribution in [0.5, 0.6) is 23.0 Å². The molecule has 1 saturated heterocycles. The zero-order valence-electron chi connectivity index (χ0n) is 35.3. The van der Waals surface area contributed by atoms with E-state index < -0.39 is 88.8 Å². The van der Waals surface area contributed by atoms with Gasteiger partial charge in [-0.15, -0.1) is 0 Å². The Morgan fingerprint density at radius 2 is 1.61 bits per heavy atom. The summed E-state index contributed by atoms with van der Waals surface area (Å²) in [4.78, 5) is 42.6. The van der Waals surface area contributed by atoms with Gasteiger partial charge in [0.25, 0.3) is 11.7 Å². The molecule has 9 atom stereocenters. The van der Waals surface area contributed by atoms with Crippen molar-refractivity contribution in [2.45, 2.75) is 85.6 Å². The molecule has 0 spiro atoms. The average Bonchev–Trinajstić information content (AvgIpc) is 3.46. The van der Waals surface area contributed by atoms with Crippen LogP contribution >= 0.6 is 0 Å². The summed E-state index contributed by atoms with van der Waals surface area (Å²) >= 11 is 0. The Morgan fingerprint density at radius 1 is 0.949 bits per heavy atom. The van der Waals surface area contributed by atoms with Crippen molar-refractivity contribution in [2.24, 2.45) is 28.8 Å². The number of aromatic hydroxyl groups is 3. The number of hydrogen-bond donors (Lipinski definition) is 6. The van der Waals surface area contributed by atoms with E-state index in [9.17, 15) is 39.9 Å². The number of esters is 1. The maximum Gasteiger partial charge on any atom is 0.312 e. The third-order valence-electron chi connectivity index (χ3n) is 11.9. The van der Waals surface area contributed by atoms with Gasteiger partial charge in [0, 0.05) is 87.3 Å². The van der Waals surface area contributed by atoms with Gasteiger partial charge in [0.05, 0.1) is 53.0 Å². The molecule has 2 aromatic carbocycles. The Balaban J connectivity index is 1.70. The van der Waals surface area contributed by atoms with Gasteiger partial charge >= 0.3 is 11.8 Å². The number of rotatable bonds is 4. The minimum absolute atomic E-state index is 0.0559. The van der Waals surface area contributed by atoms with Gasteiger partial charge in [-0.3, -0.25) is 19.4 Å². The summed E-state index contributed by atoms with van der Waals surface area (Å²) < 4.78 is 23.6. The van der Waals surface area contributed by atoms with Gasteiger partial charge in [0.2, 0.25) is 0 Å². The molecule has 5 bridgehead atoms. The molecule has 16 nitrogen and oxygen atoms in total. The number of nitrogens with zero attached hydrogens (tertiary/aromatic N) is 3. The zero-order valence-corrected chi connectivity index (χ0v) is 35.3. The van der Waals surface area contributed by atoms with Crippen molar-refractivity contribution in [1.29, 1.82) is 0 Å². The lowest BCUT2D eigenvalue weighted by atomic mass is 9.78. The molecule has 0 aliphatic carbocycles. The van der Waals surface area contributed by atoms with E-state index in [2.05, 4.69) is 15.3 Å². The molecule has 0 radical (unpaired) electrons. The lowest BCUT2D eigenvalue weighted by Crippen LogP contribution is -2.46. The van der Waals surface area contributed by atoms with Crippen molar-refractivity contribution < 1.29 is 58.9 Å². The number of benzene rings is 2. The maximum absolute atomic E-state index is 14.4. The van der Waals surface area contributed by atoms with E-state index >= 15 is 0 Å². The monoisotopic (exact) mass is 822 g/mol. The molecule has 4 aliphatic rings. The molecular weight excluding hydrogens is 764 g/mol. The van der Waals surface area contributed by atoms with Gasteiger partial charge in [0.15, 0.2) is 5.75 Å². The fourth-order valence-corrected chi connectivity index (χ4v) is 7.92. The number of aliphatic hydroxyl groups excluding tert-OH is 2. The predicted octanol–water partition coefficient (Wildman–Crippen LogP) is 4.34. The van der Waals surface area contributed by atoms with E-state index in [0.717, 1.165) is 13.1 Å². The van der Waals surface area contributed by atoms with Crippen LogP contribution in [0, 0.1) is 30.6 Å². The Kier molecular flexibility index (Phi) is 13.7. The van der Waals surface area contributed by atoms with Crippen LogP contribution in [0.25, 0.3) is 10.8 Å². The van der Waals surface area contributed by atoms with Crippen molar-refractivity contribution >= 4 is 40.3 Å². The first-order valence-electron chi connectivity index (χ1n) is 19.8. The number of piperazine rings is 1. The van der Waals surface area contributed by atoms with Gasteiger partial charge < -0.3 is 54.7 Å². The van der Waals surface area contributed by atoms with E-state index in [1.165, 1.54) is 59.4 Å². The minimum atomic E-state index is -2.04. The molecule has 4 aliphatic heterocycles. The van der Waals surface area contributed by atoms with E-state index in [0.29, 0.717) is 13.1 Å². The summed E-state index contributed by atoms with van der Waals surface area (Å²) in [6.07, 6.45) is 4.86. The number of hydrogen-bond acceptors (Lipinski definition) is 15. The number of allylic oxidation sites excluding steroid dienone is 2. The lowest BCUT2D eigenvalue weighted by molar-refractivity contribution is -0.160. The highest BCUT2D eigenvalue weighted by molar-refractivity contribution is 6.23. The first-order valence-corrected chi connectivity index (χ1v) is 19.8. The predicted molar refractivity (Wildman–Crippen MR) is 220 cm³/mol. The highest BCUT2D eigenvalue weighted by Gasteiger charge is 2.50. The number of methoxy groups -OCH3 is 1. The largest absolute Gasteiger partial charge is 0.507 e. The molecule has 0 aromatic heterocycles. The molecule has 322 valence electrons. The fourth-order valence-electron chi connectivity index (χ4n) is 7.92. The lowest BCUT2D eigenvalue weighted by Gasteiger charge is -2.38. The average molecular weight is 823 g/mol. The van der Waals surface area contributed by atoms with Crippen LogP contribution in [0.2, 0.25) is 0 Å². The highest BCUT2D eigenvalue weighted by Crippen LogP contribution is 2.55. The third-order valence-corrected chi connectivity index (χ3v) is 11.9. The number of Topliss-reactive ketones (excluding diaryl/α,β-unsaturated/α-hetero) is 1. The van der Waals surface area contributed by atoms with E-state index in [1.54, 1.807) is 44.9 Å². The van der Waals surface area contributed by atoms with E-state index in [1.807, 2.05) is 7.05 Å². The summed E-state index contributed by atoms with van der Waals surface area (Å²) in [6.45, 7) is 15.1. The van der Waals surface area contributed by atoms with Crippen LogP contribution in [0.3, 0.4) is 0 Å².